The average molecular weight is 653 g/mol. The zero-order valence-electron chi connectivity index (χ0n) is 27.5. The third kappa shape index (κ3) is 5.61. The second kappa shape index (κ2) is 12.3. The molecule has 9 heteroatoms. The minimum absolute atomic E-state index is 0.0427. The Labute approximate surface area is 276 Å². The number of nitrogens with zero attached hydrogens (tertiary/aromatic N) is 2. The van der Waals surface area contributed by atoms with Crippen LogP contribution >= 0.6 is 11.8 Å². The van der Waals surface area contributed by atoms with Gasteiger partial charge in [0.2, 0.25) is 0 Å². The van der Waals surface area contributed by atoms with Crippen molar-refractivity contribution in [3.8, 4) is 11.5 Å². The van der Waals surface area contributed by atoms with Crippen molar-refractivity contribution < 1.29 is 23.5 Å². The summed E-state index contributed by atoms with van der Waals surface area (Å²) in [6.45, 7) is 12.3. The van der Waals surface area contributed by atoms with E-state index in [4.69, 9.17) is 13.9 Å². The maximum absolute atomic E-state index is 13.5. The first-order valence-electron chi connectivity index (χ1n) is 15.4. The maximum Gasteiger partial charge on any atom is 0.261 e. The molecule has 0 radical (unpaired) electrons. The number of anilines is 2. The summed E-state index contributed by atoms with van der Waals surface area (Å²) in [6, 6.07) is 25.5. The average Bonchev–Trinajstić information content (AvgIpc) is 3.28. The zero-order valence-corrected chi connectivity index (χ0v) is 29.3. The predicted octanol–water partition coefficient (Wildman–Crippen LogP) is 8.82. The van der Waals surface area contributed by atoms with Crippen molar-refractivity contribution in [2.45, 2.75) is 68.4 Å². The first kappa shape index (κ1) is 31.9. The molecule has 7 nitrogen and oxygen atoms in total. The van der Waals surface area contributed by atoms with Gasteiger partial charge in [-0.15, -0.1) is 0 Å². The number of ether oxygens (including phenoxy) is 2. The van der Waals surface area contributed by atoms with Gasteiger partial charge >= 0.3 is 0 Å². The fourth-order valence-electron chi connectivity index (χ4n) is 5.69. The highest BCUT2D eigenvalue weighted by molar-refractivity contribution is 7.99. The summed E-state index contributed by atoms with van der Waals surface area (Å²) in [5.74, 6) is 0.784. The summed E-state index contributed by atoms with van der Waals surface area (Å²) in [4.78, 5) is 32.6. The highest BCUT2D eigenvalue weighted by Gasteiger charge is 2.40. The van der Waals surface area contributed by atoms with E-state index in [9.17, 15) is 9.59 Å². The Kier molecular flexibility index (Phi) is 8.52. The van der Waals surface area contributed by atoms with E-state index in [1.54, 1.807) is 50.2 Å². The fraction of sp³-hybridized carbons (Fsp3) is 0.297. The molecule has 0 saturated heterocycles. The van der Waals surface area contributed by atoms with E-state index in [1.165, 1.54) is 4.90 Å². The second-order valence-electron chi connectivity index (χ2n) is 13.2. The summed E-state index contributed by atoms with van der Waals surface area (Å²) in [6.07, 6.45) is 0. The molecule has 0 saturated carbocycles. The van der Waals surface area contributed by atoms with E-state index in [0.29, 0.717) is 30.0 Å². The van der Waals surface area contributed by atoms with Crippen LogP contribution in [-0.4, -0.2) is 39.3 Å². The minimum atomic E-state index is -2.10. The molecule has 4 aromatic rings. The number of rotatable bonds is 9. The van der Waals surface area contributed by atoms with Crippen LogP contribution in [0, 0.1) is 0 Å². The Hall–Kier alpha value is -4.05. The Balaban J connectivity index is 1.49. The number of hydrogen-bond donors (Lipinski definition) is 0. The van der Waals surface area contributed by atoms with Gasteiger partial charge in [-0.25, -0.2) is 0 Å². The van der Waals surface area contributed by atoms with Crippen molar-refractivity contribution in [2.75, 3.05) is 19.1 Å². The van der Waals surface area contributed by atoms with E-state index in [-0.39, 0.29) is 23.4 Å². The summed E-state index contributed by atoms with van der Waals surface area (Å²) in [7, 11) is 1.22. The van der Waals surface area contributed by atoms with Crippen molar-refractivity contribution in [1.29, 1.82) is 0 Å². The Morgan fingerprint density at radius 2 is 1.20 bits per heavy atom. The van der Waals surface area contributed by atoms with Crippen molar-refractivity contribution in [1.82, 2.24) is 4.90 Å². The number of fused-ring (bicyclic) bond motifs is 3. The molecule has 0 N–H and O–H groups in total. The van der Waals surface area contributed by atoms with Crippen LogP contribution in [0.4, 0.5) is 11.4 Å². The standard InChI is InChI=1S/C37H40N2O5SSi/c1-37(2,3)46(6,7)44-23-28-32(43-5)20-18-30-34(28)45-33-27(22-39-35(40)25-15-11-12-16-26(25)36(39)41)31(42-4)19-17-29(33)38(30)21-24-13-9-8-10-14-24/h8-20H,21-23H2,1-7H3. The van der Waals surface area contributed by atoms with Crippen LogP contribution in [-0.2, 0) is 24.1 Å². The van der Waals surface area contributed by atoms with Crippen LogP contribution in [0.5, 0.6) is 11.5 Å². The van der Waals surface area contributed by atoms with Gasteiger partial charge in [0.25, 0.3) is 11.8 Å². The summed E-state index contributed by atoms with van der Waals surface area (Å²) >= 11 is 1.62. The van der Waals surface area contributed by atoms with E-state index >= 15 is 0 Å². The molecule has 0 aromatic heterocycles. The van der Waals surface area contributed by atoms with Crippen molar-refractivity contribution in [3.63, 3.8) is 0 Å². The highest BCUT2D eigenvalue weighted by atomic mass is 32.2. The van der Waals surface area contributed by atoms with Crippen molar-refractivity contribution in [2.24, 2.45) is 0 Å². The van der Waals surface area contributed by atoms with Gasteiger partial charge in [-0.05, 0) is 60.1 Å². The number of benzene rings is 4. The monoisotopic (exact) mass is 652 g/mol. The molecule has 2 amide bonds. The SMILES string of the molecule is COc1ccc2c(c1CO[Si](C)(C)C(C)(C)C)Sc1c(ccc(OC)c1CN1C(=O)c3ccccc3C1=O)N2Cc1ccccc1. The van der Waals surface area contributed by atoms with E-state index in [0.717, 1.165) is 43.6 Å². The van der Waals surface area contributed by atoms with Crippen molar-refractivity contribution in [3.05, 3.63) is 107 Å². The minimum Gasteiger partial charge on any atom is -0.496 e. The Bertz CT molecular complexity index is 1780. The predicted molar refractivity (Wildman–Crippen MR) is 185 cm³/mol. The molecule has 0 aliphatic carbocycles. The lowest BCUT2D eigenvalue weighted by Gasteiger charge is -2.38. The summed E-state index contributed by atoms with van der Waals surface area (Å²) in [5.41, 5.74) is 5.79. The van der Waals surface area contributed by atoms with Gasteiger partial charge in [0.15, 0.2) is 8.32 Å². The molecule has 0 atom stereocenters. The van der Waals surface area contributed by atoms with E-state index in [2.05, 4.69) is 63.0 Å². The Morgan fingerprint density at radius 1 is 0.674 bits per heavy atom. The normalized spacial score (nSPS) is 14.2. The van der Waals surface area contributed by atoms with Gasteiger partial charge in [-0.1, -0.05) is 75.0 Å². The third-order valence-corrected chi connectivity index (χ3v) is 15.2. The first-order valence-corrected chi connectivity index (χ1v) is 19.2. The summed E-state index contributed by atoms with van der Waals surface area (Å²) in [5, 5.41) is 0.0427. The molecule has 4 aromatic carbocycles. The number of amides is 2. The van der Waals surface area contributed by atoms with E-state index in [1.807, 2.05) is 30.3 Å². The molecule has 2 heterocycles. The van der Waals surface area contributed by atoms with Gasteiger partial charge in [-0.2, -0.15) is 0 Å². The lowest BCUT2D eigenvalue weighted by Crippen LogP contribution is -2.40. The first-order chi connectivity index (χ1) is 21.9. The van der Waals surface area contributed by atoms with Gasteiger partial charge in [0.1, 0.15) is 11.5 Å². The van der Waals surface area contributed by atoms with Crippen LogP contribution in [0.1, 0.15) is 58.2 Å². The molecule has 0 spiro atoms. The van der Waals surface area contributed by atoms with Crippen LogP contribution in [0.25, 0.3) is 0 Å². The third-order valence-electron chi connectivity index (χ3n) is 9.38. The lowest BCUT2D eigenvalue weighted by atomic mass is 10.1. The Morgan fingerprint density at radius 3 is 1.74 bits per heavy atom. The van der Waals surface area contributed by atoms with Gasteiger partial charge in [0.05, 0.1) is 49.9 Å². The second-order valence-corrected chi connectivity index (χ2v) is 19.0. The highest BCUT2D eigenvalue weighted by Crippen LogP contribution is 2.55. The van der Waals surface area contributed by atoms with Gasteiger partial charge < -0.3 is 18.8 Å². The smallest absolute Gasteiger partial charge is 0.261 e. The van der Waals surface area contributed by atoms with Crippen LogP contribution < -0.4 is 14.4 Å². The molecule has 0 fully saturated rings. The molecule has 238 valence electrons. The largest absolute Gasteiger partial charge is 0.496 e. The molecule has 2 aliphatic heterocycles. The number of carbonyl (C=O) groups is 2. The van der Waals surface area contributed by atoms with Gasteiger partial charge in [-0.3, -0.25) is 14.5 Å². The van der Waals surface area contributed by atoms with Gasteiger partial charge in [0, 0.05) is 27.5 Å². The number of methoxy groups -OCH3 is 2. The fourth-order valence-corrected chi connectivity index (χ4v) is 7.97. The molecular formula is C37H40N2O5SSi. The molecule has 6 rings (SSSR count). The van der Waals surface area contributed by atoms with Crippen LogP contribution in [0.3, 0.4) is 0 Å². The van der Waals surface area contributed by atoms with Crippen LogP contribution in [0.15, 0.2) is 88.7 Å². The van der Waals surface area contributed by atoms with Crippen molar-refractivity contribution >= 4 is 43.3 Å². The lowest BCUT2D eigenvalue weighted by molar-refractivity contribution is 0.0640. The molecule has 2 aliphatic rings. The maximum atomic E-state index is 13.5. The molecule has 0 unspecified atom stereocenters. The number of hydrogen-bond acceptors (Lipinski definition) is 7. The number of carbonyl (C=O) groups excluding carboxylic acids is 2. The van der Waals surface area contributed by atoms with E-state index < -0.39 is 8.32 Å². The van der Waals surface area contributed by atoms with Crippen LogP contribution in [0.2, 0.25) is 18.1 Å². The molecule has 0 bridgehead atoms. The number of imide groups is 1. The zero-order chi connectivity index (χ0) is 32.8. The molecule has 46 heavy (non-hydrogen) atoms. The quantitative estimate of drug-likeness (QED) is 0.132. The summed E-state index contributed by atoms with van der Waals surface area (Å²) < 4.78 is 18.6. The topological polar surface area (TPSA) is 68.3 Å². The molecular weight excluding hydrogens is 613 g/mol.